The first-order chi connectivity index (χ1) is 7.45. The van der Waals surface area contributed by atoms with Gasteiger partial charge in [-0.05, 0) is 13.3 Å². The summed E-state index contributed by atoms with van der Waals surface area (Å²) in [4.78, 5) is 4.12. The molecule has 1 rings (SSSR count). The molecule has 0 spiro atoms. The minimum atomic E-state index is -3.38. The standard InChI is InChI=1S/C9H15BrN2O2S2/c1-3-4-8(10)5-12-16(13,14)9-6-11-7(2)15-9/h6,8,12H,3-5H2,1-2H3. The van der Waals surface area contributed by atoms with Crippen molar-refractivity contribution in [1.82, 2.24) is 9.71 Å². The third-order valence-electron chi connectivity index (χ3n) is 1.96. The number of hydrogen-bond acceptors (Lipinski definition) is 4. The SMILES string of the molecule is CCCC(Br)CNS(=O)(=O)c1cnc(C)s1. The molecule has 1 unspecified atom stereocenters. The van der Waals surface area contributed by atoms with Gasteiger partial charge in [0.2, 0.25) is 0 Å². The molecule has 1 aromatic heterocycles. The Morgan fingerprint density at radius 3 is 2.81 bits per heavy atom. The van der Waals surface area contributed by atoms with E-state index in [-0.39, 0.29) is 9.04 Å². The Morgan fingerprint density at radius 1 is 1.62 bits per heavy atom. The minimum Gasteiger partial charge on any atom is -0.249 e. The number of sulfonamides is 1. The molecule has 0 saturated heterocycles. The molecular weight excluding hydrogens is 312 g/mol. The van der Waals surface area contributed by atoms with Crippen molar-refractivity contribution in [3.63, 3.8) is 0 Å². The second kappa shape index (κ2) is 6.09. The maximum Gasteiger partial charge on any atom is 0.251 e. The largest absolute Gasteiger partial charge is 0.251 e. The summed E-state index contributed by atoms with van der Waals surface area (Å²) in [6, 6.07) is 0. The highest BCUT2D eigenvalue weighted by atomic mass is 79.9. The summed E-state index contributed by atoms with van der Waals surface area (Å²) in [6.07, 6.45) is 3.37. The van der Waals surface area contributed by atoms with Crippen molar-refractivity contribution in [1.29, 1.82) is 0 Å². The van der Waals surface area contributed by atoms with Gasteiger partial charge in [0, 0.05) is 11.4 Å². The number of alkyl halides is 1. The zero-order chi connectivity index (χ0) is 12.2. The molecule has 0 aliphatic rings. The van der Waals surface area contributed by atoms with E-state index in [9.17, 15) is 8.42 Å². The average Bonchev–Trinajstić information content (AvgIpc) is 2.63. The summed E-state index contributed by atoms with van der Waals surface area (Å²) >= 11 is 4.61. The van der Waals surface area contributed by atoms with Crippen LogP contribution in [0.2, 0.25) is 0 Å². The van der Waals surface area contributed by atoms with E-state index in [1.54, 1.807) is 6.92 Å². The van der Waals surface area contributed by atoms with Gasteiger partial charge in [0.25, 0.3) is 10.0 Å². The summed E-state index contributed by atoms with van der Waals surface area (Å²) in [6.45, 7) is 4.26. The zero-order valence-corrected chi connectivity index (χ0v) is 12.5. The highest BCUT2D eigenvalue weighted by Crippen LogP contribution is 2.18. The third-order valence-corrected chi connectivity index (χ3v) is 5.54. The lowest BCUT2D eigenvalue weighted by molar-refractivity contribution is 0.580. The predicted molar refractivity (Wildman–Crippen MR) is 69.7 cm³/mol. The van der Waals surface area contributed by atoms with Gasteiger partial charge in [-0.1, -0.05) is 29.3 Å². The maximum atomic E-state index is 11.8. The van der Waals surface area contributed by atoms with Crippen molar-refractivity contribution in [3.8, 4) is 0 Å². The molecule has 0 radical (unpaired) electrons. The van der Waals surface area contributed by atoms with Crippen LogP contribution in [0.15, 0.2) is 10.4 Å². The van der Waals surface area contributed by atoms with E-state index < -0.39 is 10.0 Å². The number of nitrogens with one attached hydrogen (secondary N) is 1. The molecule has 1 N–H and O–H groups in total. The summed E-state index contributed by atoms with van der Waals surface area (Å²) in [5.41, 5.74) is 0. The van der Waals surface area contributed by atoms with Crippen LogP contribution in [0.3, 0.4) is 0 Å². The first-order valence-corrected chi connectivity index (χ1v) is 8.23. The molecule has 1 aromatic rings. The Hall–Kier alpha value is 0.0200. The number of aryl methyl sites for hydroxylation is 1. The number of thiazole rings is 1. The Labute approximate surface area is 109 Å². The van der Waals surface area contributed by atoms with Crippen LogP contribution >= 0.6 is 27.3 Å². The number of aromatic nitrogens is 1. The Bertz CT molecular complexity index is 430. The minimum absolute atomic E-state index is 0.182. The molecule has 0 fully saturated rings. The molecule has 7 heteroatoms. The van der Waals surface area contributed by atoms with Crippen LogP contribution in [0.1, 0.15) is 24.8 Å². The van der Waals surface area contributed by atoms with Crippen LogP contribution in [0, 0.1) is 6.92 Å². The van der Waals surface area contributed by atoms with E-state index in [4.69, 9.17) is 0 Å². The highest BCUT2D eigenvalue weighted by Gasteiger charge is 2.17. The number of hydrogen-bond donors (Lipinski definition) is 1. The molecular formula is C9H15BrN2O2S2. The molecule has 0 aliphatic carbocycles. The van der Waals surface area contributed by atoms with Crippen molar-refractivity contribution in [2.45, 2.75) is 35.7 Å². The topological polar surface area (TPSA) is 59.1 Å². The Kier molecular flexibility index (Phi) is 5.36. The summed E-state index contributed by atoms with van der Waals surface area (Å²) in [7, 11) is -3.38. The van der Waals surface area contributed by atoms with Crippen LogP contribution < -0.4 is 4.72 Å². The molecule has 4 nitrogen and oxygen atoms in total. The molecule has 0 aromatic carbocycles. The van der Waals surface area contributed by atoms with Crippen LogP contribution in [-0.2, 0) is 10.0 Å². The predicted octanol–water partition coefficient (Wildman–Crippen LogP) is 2.29. The lowest BCUT2D eigenvalue weighted by Gasteiger charge is -2.09. The fourth-order valence-electron chi connectivity index (χ4n) is 1.15. The van der Waals surface area contributed by atoms with Crippen LogP contribution in [0.5, 0.6) is 0 Å². The van der Waals surface area contributed by atoms with E-state index >= 15 is 0 Å². The molecule has 1 heterocycles. The van der Waals surface area contributed by atoms with Gasteiger partial charge in [0.1, 0.15) is 0 Å². The molecule has 0 saturated carbocycles. The van der Waals surface area contributed by atoms with E-state index in [0.29, 0.717) is 6.54 Å². The van der Waals surface area contributed by atoms with Crippen molar-refractivity contribution in [2.24, 2.45) is 0 Å². The summed E-state index contributed by atoms with van der Waals surface area (Å²) in [5.74, 6) is 0. The highest BCUT2D eigenvalue weighted by molar-refractivity contribution is 9.09. The van der Waals surface area contributed by atoms with Crippen molar-refractivity contribution in [3.05, 3.63) is 11.2 Å². The zero-order valence-electron chi connectivity index (χ0n) is 9.23. The first kappa shape index (κ1) is 14.1. The molecule has 0 amide bonds. The number of nitrogens with zero attached hydrogens (tertiary/aromatic N) is 1. The van der Waals surface area contributed by atoms with Crippen LogP contribution in [-0.4, -0.2) is 24.8 Å². The van der Waals surface area contributed by atoms with Gasteiger partial charge < -0.3 is 0 Å². The van der Waals surface area contributed by atoms with E-state index in [0.717, 1.165) is 17.8 Å². The lowest BCUT2D eigenvalue weighted by atomic mass is 10.2. The second-order valence-electron chi connectivity index (χ2n) is 3.44. The van der Waals surface area contributed by atoms with Gasteiger partial charge in [-0.3, -0.25) is 0 Å². The quantitative estimate of drug-likeness (QED) is 0.816. The van der Waals surface area contributed by atoms with Gasteiger partial charge in [-0.2, -0.15) is 0 Å². The summed E-state index contributed by atoms with van der Waals surface area (Å²) in [5, 5.41) is 0.754. The molecule has 16 heavy (non-hydrogen) atoms. The number of halogens is 1. The summed E-state index contributed by atoms with van der Waals surface area (Å²) < 4.78 is 26.4. The fourth-order valence-corrected chi connectivity index (χ4v) is 4.22. The Balaban J connectivity index is 2.59. The molecule has 0 bridgehead atoms. The fraction of sp³-hybridized carbons (Fsp3) is 0.667. The van der Waals surface area contributed by atoms with Gasteiger partial charge >= 0.3 is 0 Å². The van der Waals surface area contributed by atoms with Gasteiger partial charge in [-0.15, -0.1) is 11.3 Å². The van der Waals surface area contributed by atoms with Crippen molar-refractivity contribution >= 4 is 37.3 Å². The number of rotatable bonds is 6. The van der Waals surface area contributed by atoms with E-state index in [2.05, 4.69) is 32.6 Å². The van der Waals surface area contributed by atoms with Gasteiger partial charge in [0.15, 0.2) is 4.21 Å². The van der Waals surface area contributed by atoms with Crippen LogP contribution in [0.25, 0.3) is 0 Å². The monoisotopic (exact) mass is 326 g/mol. The van der Waals surface area contributed by atoms with Gasteiger partial charge in [-0.25, -0.2) is 18.1 Å². The lowest BCUT2D eigenvalue weighted by Crippen LogP contribution is -2.29. The smallest absolute Gasteiger partial charge is 0.249 e. The molecule has 1 atom stereocenters. The van der Waals surface area contributed by atoms with Crippen molar-refractivity contribution < 1.29 is 8.42 Å². The normalized spacial score (nSPS) is 13.9. The van der Waals surface area contributed by atoms with Crippen LogP contribution in [0.4, 0.5) is 0 Å². The average molecular weight is 327 g/mol. The second-order valence-corrected chi connectivity index (χ2v) is 7.96. The first-order valence-electron chi connectivity index (χ1n) is 5.02. The third kappa shape index (κ3) is 4.12. The van der Waals surface area contributed by atoms with Gasteiger partial charge in [0.05, 0.1) is 11.2 Å². The van der Waals surface area contributed by atoms with E-state index in [1.165, 1.54) is 17.5 Å². The van der Waals surface area contributed by atoms with E-state index in [1.807, 2.05) is 0 Å². The Morgan fingerprint density at radius 2 is 2.31 bits per heavy atom. The molecule has 92 valence electrons. The van der Waals surface area contributed by atoms with Crippen molar-refractivity contribution in [2.75, 3.05) is 6.54 Å². The maximum absolute atomic E-state index is 11.8. The molecule has 0 aliphatic heterocycles.